The largest absolute Gasteiger partial charge is 0.342 e. The number of hydrogen-bond acceptors (Lipinski definition) is 5. The summed E-state index contributed by atoms with van der Waals surface area (Å²) in [5, 5.41) is 2.83. The van der Waals surface area contributed by atoms with E-state index in [0.717, 1.165) is 37.1 Å². The van der Waals surface area contributed by atoms with Gasteiger partial charge in [0.15, 0.2) is 5.16 Å². The number of thiophene rings is 1. The smallest absolute Gasteiger partial charge is 0.260 e. The van der Waals surface area contributed by atoms with Crippen LogP contribution >= 0.6 is 23.1 Å². The van der Waals surface area contributed by atoms with Crippen molar-refractivity contribution in [2.45, 2.75) is 43.0 Å². The van der Waals surface area contributed by atoms with Crippen LogP contribution in [0.1, 0.15) is 32.6 Å². The number of thioether (sulfide) groups is 1. The lowest BCUT2D eigenvalue weighted by Gasteiger charge is -2.23. The molecule has 1 aliphatic heterocycles. The molecule has 0 spiro atoms. The number of amides is 1. The topological polar surface area (TPSA) is 66.1 Å². The van der Waals surface area contributed by atoms with E-state index in [0.29, 0.717) is 15.4 Å². The first-order valence-corrected chi connectivity index (χ1v) is 11.4. The van der Waals surface area contributed by atoms with Gasteiger partial charge in [-0.25, -0.2) is 4.98 Å². The van der Waals surface area contributed by atoms with Gasteiger partial charge in [0.05, 0.1) is 10.6 Å². The molecule has 0 bridgehead atoms. The van der Waals surface area contributed by atoms with Gasteiger partial charge < -0.3 is 9.88 Å². The second-order valence-electron chi connectivity index (χ2n) is 7.07. The average molecular weight is 414 g/mol. The molecular formula is C21H23N3O2S2. The van der Waals surface area contributed by atoms with Crippen molar-refractivity contribution in [3.63, 3.8) is 0 Å². The maximum absolute atomic E-state index is 12.8. The number of benzene rings is 1. The second-order valence-corrected chi connectivity index (χ2v) is 9.25. The Morgan fingerprint density at radius 3 is 2.61 bits per heavy atom. The zero-order valence-electron chi connectivity index (χ0n) is 15.8. The van der Waals surface area contributed by atoms with Crippen LogP contribution in [0.25, 0.3) is 21.3 Å². The summed E-state index contributed by atoms with van der Waals surface area (Å²) in [5.74, 6) is 0.130. The Balaban J connectivity index is 1.56. The number of nitrogens with one attached hydrogen (secondary N) is 1. The third-order valence-corrected chi connectivity index (χ3v) is 6.90. The number of hydrogen-bond donors (Lipinski definition) is 1. The molecule has 1 fully saturated rings. The molecule has 2 aromatic heterocycles. The summed E-state index contributed by atoms with van der Waals surface area (Å²) in [6.45, 7) is 3.56. The third-order valence-electron chi connectivity index (χ3n) is 5.06. The Hall–Kier alpha value is -2.12. The molecular weight excluding hydrogens is 390 g/mol. The minimum Gasteiger partial charge on any atom is -0.342 e. The lowest BCUT2D eigenvalue weighted by atomic mass is 10.1. The van der Waals surface area contributed by atoms with Gasteiger partial charge in [-0.3, -0.25) is 9.59 Å². The number of fused-ring (bicyclic) bond motifs is 1. The van der Waals surface area contributed by atoms with Crippen molar-refractivity contribution in [2.24, 2.45) is 0 Å². The first-order valence-electron chi connectivity index (χ1n) is 9.66. The fourth-order valence-electron chi connectivity index (χ4n) is 3.58. The average Bonchev–Trinajstić information content (AvgIpc) is 2.95. The standard InChI is InChI=1S/C21H23N3O2S2/c1-14(20(26)24-11-7-2-3-8-12-24)28-21-22-18(25)17-16(13-27-19(17)23-21)15-9-5-4-6-10-15/h4-6,9-10,13-14H,2-3,7-8,11-12H2,1H3,(H,22,23,25)/t14-/m0/s1. The van der Waals surface area contributed by atoms with Crippen molar-refractivity contribution >= 4 is 39.2 Å². The zero-order chi connectivity index (χ0) is 19.5. The van der Waals surface area contributed by atoms with Crippen molar-refractivity contribution in [1.82, 2.24) is 14.9 Å². The van der Waals surface area contributed by atoms with Crippen molar-refractivity contribution in [2.75, 3.05) is 13.1 Å². The molecule has 7 heteroatoms. The summed E-state index contributed by atoms with van der Waals surface area (Å²) in [6, 6.07) is 9.86. The minimum atomic E-state index is -0.271. The molecule has 1 amide bonds. The number of rotatable bonds is 4. The van der Waals surface area contributed by atoms with Gasteiger partial charge in [-0.05, 0) is 25.3 Å². The SMILES string of the molecule is C[C@H](Sc1nc2scc(-c3ccccc3)c2c(=O)[nH]1)C(=O)N1CCCCCC1. The Labute approximate surface area is 172 Å². The van der Waals surface area contributed by atoms with Gasteiger partial charge >= 0.3 is 0 Å². The molecule has 146 valence electrons. The highest BCUT2D eigenvalue weighted by molar-refractivity contribution is 8.00. The summed E-state index contributed by atoms with van der Waals surface area (Å²) in [5.41, 5.74) is 1.76. The Bertz CT molecular complexity index is 1020. The van der Waals surface area contributed by atoms with E-state index in [1.54, 1.807) is 0 Å². The first-order chi connectivity index (χ1) is 13.6. The molecule has 1 saturated heterocycles. The summed E-state index contributed by atoms with van der Waals surface area (Å²) in [7, 11) is 0. The molecule has 1 atom stereocenters. The highest BCUT2D eigenvalue weighted by Crippen LogP contribution is 2.32. The Morgan fingerprint density at radius 2 is 1.89 bits per heavy atom. The van der Waals surface area contributed by atoms with Crippen molar-refractivity contribution in [3.8, 4) is 11.1 Å². The van der Waals surface area contributed by atoms with Crippen molar-refractivity contribution < 1.29 is 4.79 Å². The molecule has 28 heavy (non-hydrogen) atoms. The van der Waals surface area contributed by atoms with Crippen LogP contribution in [0.4, 0.5) is 0 Å². The minimum absolute atomic E-state index is 0.130. The molecule has 0 aliphatic carbocycles. The monoisotopic (exact) mass is 413 g/mol. The fraction of sp³-hybridized carbons (Fsp3) is 0.381. The van der Waals surface area contributed by atoms with Gasteiger partial charge in [0, 0.05) is 24.0 Å². The highest BCUT2D eigenvalue weighted by atomic mass is 32.2. The molecule has 1 N–H and O–H groups in total. The van der Waals surface area contributed by atoms with E-state index in [2.05, 4.69) is 9.97 Å². The number of likely N-dealkylation sites (tertiary alicyclic amines) is 1. The van der Waals surface area contributed by atoms with Gasteiger partial charge in [-0.15, -0.1) is 11.3 Å². The number of carbonyl (C=O) groups is 1. The van der Waals surface area contributed by atoms with Crippen LogP contribution in [0.3, 0.4) is 0 Å². The van der Waals surface area contributed by atoms with Crippen LogP contribution in [0, 0.1) is 0 Å². The van der Waals surface area contributed by atoms with Crippen LogP contribution in [-0.2, 0) is 4.79 Å². The summed E-state index contributed by atoms with van der Waals surface area (Å²) in [6.07, 6.45) is 4.53. The number of nitrogens with zero attached hydrogens (tertiary/aromatic N) is 2. The van der Waals surface area contributed by atoms with Gasteiger partial charge in [-0.1, -0.05) is 54.9 Å². The predicted octanol–water partition coefficient (Wildman–Crippen LogP) is 4.53. The first kappa shape index (κ1) is 19.2. The van der Waals surface area contributed by atoms with E-state index in [9.17, 15) is 9.59 Å². The van der Waals surface area contributed by atoms with Gasteiger partial charge in [0.25, 0.3) is 5.56 Å². The molecule has 4 rings (SSSR count). The molecule has 3 aromatic rings. The van der Waals surface area contributed by atoms with Gasteiger partial charge in [-0.2, -0.15) is 0 Å². The van der Waals surface area contributed by atoms with E-state index in [4.69, 9.17) is 0 Å². The Kier molecular flexibility index (Phi) is 5.82. The fourth-order valence-corrected chi connectivity index (χ4v) is 5.47. The van der Waals surface area contributed by atoms with E-state index >= 15 is 0 Å². The molecule has 3 heterocycles. The maximum Gasteiger partial charge on any atom is 0.260 e. The van der Waals surface area contributed by atoms with Crippen LogP contribution < -0.4 is 5.56 Å². The van der Waals surface area contributed by atoms with E-state index < -0.39 is 0 Å². The Morgan fingerprint density at radius 1 is 1.18 bits per heavy atom. The predicted molar refractivity (Wildman–Crippen MR) is 116 cm³/mol. The molecule has 0 radical (unpaired) electrons. The van der Waals surface area contributed by atoms with Crippen molar-refractivity contribution in [3.05, 3.63) is 46.1 Å². The maximum atomic E-state index is 12.8. The molecule has 5 nitrogen and oxygen atoms in total. The van der Waals surface area contributed by atoms with Crippen LogP contribution in [0.5, 0.6) is 0 Å². The molecule has 0 unspecified atom stereocenters. The van der Waals surface area contributed by atoms with E-state index in [-0.39, 0.29) is 16.7 Å². The lowest BCUT2D eigenvalue weighted by Crippen LogP contribution is -2.37. The number of aromatic nitrogens is 2. The normalized spacial score (nSPS) is 16.1. The quantitative estimate of drug-likeness (QED) is 0.504. The number of carbonyl (C=O) groups excluding carboxylic acids is 1. The summed E-state index contributed by atoms with van der Waals surface area (Å²) in [4.78, 5) is 35.7. The van der Waals surface area contributed by atoms with Crippen molar-refractivity contribution in [1.29, 1.82) is 0 Å². The van der Waals surface area contributed by atoms with Crippen LogP contribution in [0.15, 0.2) is 45.7 Å². The summed E-state index contributed by atoms with van der Waals surface area (Å²) >= 11 is 2.80. The third kappa shape index (κ3) is 4.00. The van der Waals surface area contributed by atoms with Gasteiger partial charge in [0.1, 0.15) is 4.83 Å². The van der Waals surface area contributed by atoms with Crippen LogP contribution in [0.2, 0.25) is 0 Å². The lowest BCUT2D eigenvalue weighted by molar-refractivity contribution is -0.130. The zero-order valence-corrected chi connectivity index (χ0v) is 17.4. The molecule has 0 saturated carbocycles. The summed E-state index contributed by atoms with van der Waals surface area (Å²) < 4.78 is 0. The number of H-pyrrole nitrogens is 1. The van der Waals surface area contributed by atoms with E-state index in [1.807, 2.05) is 47.5 Å². The van der Waals surface area contributed by atoms with E-state index in [1.165, 1.54) is 35.9 Å². The number of aromatic amines is 1. The second kappa shape index (κ2) is 8.49. The highest BCUT2D eigenvalue weighted by Gasteiger charge is 2.23. The molecule has 1 aliphatic rings. The van der Waals surface area contributed by atoms with Gasteiger partial charge in [0.2, 0.25) is 5.91 Å². The van der Waals surface area contributed by atoms with Crippen LogP contribution in [-0.4, -0.2) is 39.1 Å². The molecule has 1 aromatic carbocycles.